The first-order valence-electron chi connectivity index (χ1n) is 5.99. The summed E-state index contributed by atoms with van der Waals surface area (Å²) < 4.78 is 1.72. The smallest absolute Gasteiger partial charge is 0.155 e. The van der Waals surface area contributed by atoms with Gasteiger partial charge in [0.2, 0.25) is 0 Å². The fourth-order valence-corrected chi connectivity index (χ4v) is 1.92. The molecule has 0 aliphatic heterocycles. The lowest BCUT2D eigenvalue weighted by Gasteiger charge is -2.06. The number of nitrogens with zero attached hydrogens (tertiary/aromatic N) is 4. The molecule has 2 heterocycles. The Morgan fingerprint density at radius 2 is 2.22 bits per heavy atom. The molecule has 94 valence electrons. The monoisotopic (exact) mass is 263 g/mol. The number of hydrogen-bond acceptors (Lipinski definition) is 4. The molecule has 1 atom stereocenters. The first kappa shape index (κ1) is 11.6. The molecule has 0 radical (unpaired) electrons. The fraction of sp³-hybridized carbons (Fsp3) is 0.417. The molecular weight excluding hydrogens is 250 g/mol. The summed E-state index contributed by atoms with van der Waals surface area (Å²) in [7, 11) is 0. The lowest BCUT2D eigenvalue weighted by Crippen LogP contribution is -2.14. The van der Waals surface area contributed by atoms with E-state index < -0.39 is 0 Å². The maximum absolute atomic E-state index is 5.94. The normalized spacial score (nSPS) is 16.8. The molecule has 0 aromatic carbocycles. The predicted octanol–water partition coefficient (Wildman–Crippen LogP) is 2.21. The van der Waals surface area contributed by atoms with Crippen LogP contribution in [0.15, 0.2) is 18.3 Å². The molecule has 0 bridgehead atoms. The molecule has 2 aromatic rings. The maximum atomic E-state index is 5.94. The van der Waals surface area contributed by atoms with Gasteiger partial charge in [0.15, 0.2) is 17.5 Å². The van der Waals surface area contributed by atoms with Gasteiger partial charge in [-0.3, -0.25) is 0 Å². The Labute approximate surface area is 110 Å². The first-order chi connectivity index (χ1) is 8.65. The van der Waals surface area contributed by atoms with Crippen molar-refractivity contribution in [2.75, 3.05) is 0 Å². The zero-order chi connectivity index (χ0) is 12.7. The third kappa shape index (κ3) is 2.11. The summed E-state index contributed by atoms with van der Waals surface area (Å²) in [6, 6.07) is 3.43. The van der Waals surface area contributed by atoms with Crippen LogP contribution >= 0.6 is 11.6 Å². The van der Waals surface area contributed by atoms with E-state index >= 15 is 0 Å². The van der Waals surface area contributed by atoms with Gasteiger partial charge in [0.25, 0.3) is 0 Å². The van der Waals surface area contributed by atoms with Gasteiger partial charge in [-0.25, -0.2) is 9.97 Å². The molecular formula is C12H14ClN5. The Balaban J connectivity index is 2.05. The number of pyridine rings is 1. The van der Waals surface area contributed by atoms with E-state index in [0.717, 1.165) is 24.5 Å². The summed E-state index contributed by atoms with van der Waals surface area (Å²) in [6.07, 6.45) is 3.92. The summed E-state index contributed by atoms with van der Waals surface area (Å²) in [5, 5.41) is 5.11. The largest absolute Gasteiger partial charge is 0.322 e. The molecule has 6 heteroatoms. The van der Waals surface area contributed by atoms with Gasteiger partial charge in [0.05, 0.1) is 11.1 Å². The average molecular weight is 264 g/mol. The van der Waals surface area contributed by atoms with E-state index in [1.165, 1.54) is 0 Å². The molecule has 0 unspecified atom stereocenters. The van der Waals surface area contributed by atoms with E-state index in [-0.39, 0.29) is 6.04 Å². The number of halogens is 1. The van der Waals surface area contributed by atoms with Crippen LogP contribution in [-0.4, -0.2) is 19.7 Å². The highest BCUT2D eigenvalue weighted by Gasteiger charge is 2.29. The Morgan fingerprint density at radius 3 is 2.78 bits per heavy atom. The van der Waals surface area contributed by atoms with Gasteiger partial charge in [0.1, 0.15) is 0 Å². The minimum atomic E-state index is -0.178. The molecule has 1 aliphatic rings. The summed E-state index contributed by atoms with van der Waals surface area (Å²) >= 11 is 5.83. The Hall–Kier alpha value is -1.46. The SMILES string of the molecule is C[C@H](N)c1nc(C2CC2)nn1-c1ccc(Cl)cn1. The molecule has 2 N–H and O–H groups in total. The lowest BCUT2D eigenvalue weighted by molar-refractivity contribution is 0.680. The van der Waals surface area contributed by atoms with E-state index in [2.05, 4.69) is 15.1 Å². The minimum Gasteiger partial charge on any atom is -0.322 e. The van der Waals surface area contributed by atoms with E-state index in [9.17, 15) is 0 Å². The van der Waals surface area contributed by atoms with Crippen molar-refractivity contribution in [1.29, 1.82) is 0 Å². The molecule has 18 heavy (non-hydrogen) atoms. The third-order valence-electron chi connectivity index (χ3n) is 2.93. The summed E-state index contributed by atoms with van der Waals surface area (Å²) in [6.45, 7) is 1.90. The molecule has 1 saturated carbocycles. The first-order valence-corrected chi connectivity index (χ1v) is 6.37. The Kier molecular flexibility index (Phi) is 2.80. The van der Waals surface area contributed by atoms with Crippen molar-refractivity contribution >= 4 is 11.6 Å². The Bertz CT molecular complexity index is 556. The van der Waals surface area contributed by atoms with E-state index in [4.69, 9.17) is 17.3 Å². The number of aromatic nitrogens is 4. The van der Waals surface area contributed by atoms with Crippen LogP contribution in [0.5, 0.6) is 0 Å². The van der Waals surface area contributed by atoms with Crippen LogP contribution in [0.2, 0.25) is 5.02 Å². The van der Waals surface area contributed by atoms with Gasteiger partial charge in [0, 0.05) is 12.1 Å². The quantitative estimate of drug-likeness (QED) is 0.922. The minimum absolute atomic E-state index is 0.178. The predicted molar refractivity (Wildman–Crippen MR) is 68.7 cm³/mol. The van der Waals surface area contributed by atoms with Crippen molar-refractivity contribution in [2.45, 2.75) is 31.7 Å². The van der Waals surface area contributed by atoms with Gasteiger partial charge < -0.3 is 5.73 Å². The van der Waals surface area contributed by atoms with Crippen LogP contribution in [0.25, 0.3) is 5.82 Å². The van der Waals surface area contributed by atoms with Gasteiger partial charge in [-0.05, 0) is 31.9 Å². The van der Waals surface area contributed by atoms with Crippen LogP contribution in [0.1, 0.15) is 43.4 Å². The van der Waals surface area contributed by atoms with Crippen molar-refractivity contribution in [1.82, 2.24) is 19.7 Å². The van der Waals surface area contributed by atoms with Crippen LogP contribution in [0.4, 0.5) is 0 Å². The zero-order valence-electron chi connectivity index (χ0n) is 10.0. The lowest BCUT2D eigenvalue weighted by atomic mass is 10.3. The number of hydrogen-bond donors (Lipinski definition) is 1. The van der Waals surface area contributed by atoms with Crippen molar-refractivity contribution in [3.05, 3.63) is 35.0 Å². The van der Waals surface area contributed by atoms with Gasteiger partial charge in [-0.2, -0.15) is 4.68 Å². The van der Waals surface area contributed by atoms with Crippen LogP contribution in [0.3, 0.4) is 0 Å². The molecule has 2 aromatic heterocycles. The third-order valence-corrected chi connectivity index (χ3v) is 3.15. The highest BCUT2D eigenvalue weighted by atomic mass is 35.5. The van der Waals surface area contributed by atoms with Crippen molar-refractivity contribution in [2.24, 2.45) is 5.73 Å². The molecule has 3 rings (SSSR count). The van der Waals surface area contributed by atoms with Crippen molar-refractivity contribution in [3.8, 4) is 5.82 Å². The van der Waals surface area contributed by atoms with E-state index in [1.54, 1.807) is 16.9 Å². The second kappa shape index (κ2) is 4.33. The zero-order valence-corrected chi connectivity index (χ0v) is 10.8. The highest BCUT2D eigenvalue weighted by Crippen LogP contribution is 2.38. The van der Waals surface area contributed by atoms with Crippen molar-refractivity contribution in [3.63, 3.8) is 0 Å². The topological polar surface area (TPSA) is 69.6 Å². The standard InChI is InChI=1S/C12H14ClN5/c1-7(14)12-16-11(8-2-3-8)17-18(12)10-5-4-9(13)6-15-10/h4-8H,2-3,14H2,1H3/t7-/m0/s1. The molecule has 0 amide bonds. The van der Waals surface area contributed by atoms with E-state index in [1.807, 2.05) is 13.0 Å². The van der Waals surface area contributed by atoms with Gasteiger partial charge in [-0.1, -0.05) is 11.6 Å². The summed E-state index contributed by atoms with van der Waals surface area (Å²) in [5.41, 5.74) is 5.94. The summed E-state index contributed by atoms with van der Waals surface area (Å²) in [5.74, 6) is 2.81. The highest BCUT2D eigenvalue weighted by molar-refractivity contribution is 6.30. The fourth-order valence-electron chi connectivity index (χ4n) is 1.81. The maximum Gasteiger partial charge on any atom is 0.155 e. The molecule has 1 fully saturated rings. The number of nitrogens with two attached hydrogens (primary N) is 1. The second-order valence-corrected chi connectivity index (χ2v) is 5.07. The van der Waals surface area contributed by atoms with E-state index in [0.29, 0.717) is 16.8 Å². The molecule has 0 saturated heterocycles. The second-order valence-electron chi connectivity index (χ2n) is 4.64. The van der Waals surface area contributed by atoms with Crippen LogP contribution in [0, 0.1) is 0 Å². The Morgan fingerprint density at radius 1 is 1.44 bits per heavy atom. The van der Waals surface area contributed by atoms with Gasteiger partial charge in [-0.15, -0.1) is 5.10 Å². The average Bonchev–Trinajstić information content (AvgIpc) is 3.09. The van der Waals surface area contributed by atoms with Crippen LogP contribution in [-0.2, 0) is 0 Å². The molecule has 0 spiro atoms. The van der Waals surface area contributed by atoms with Gasteiger partial charge >= 0.3 is 0 Å². The molecule has 5 nitrogen and oxygen atoms in total. The molecule has 1 aliphatic carbocycles. The number of rotatable bonds is 3. The summed E-state index contributed by atoms with van der Waals surface area (Å²) in [4.78, 5) is 8.78. The van der Waals surface area contributed by atoms with Crippen LogP contribution < -0.4 is 5.73 Å². The van der Waals surface area contributed by atoms with Crippen molar-refractivity contribution < 1.29 is 0 Å².